The molecule has 0 bridgehead atoms. The predicted octanol–water partition coefficient (Wildman–Crippen LogP) is 2.37. The number of carbonyl (C=O) groups is 1. The first-order valence-corrected chi connectivity index (χ1v) is 6.73. The van der Waals surface area contributed by atoms with Gasteiger partial charge < -0.3 is 4.74 Å². The molecule has 2 heterocycles. The largest absolute Gasteiger partial charge is 0.405 e. The molecule has 0 amide bonds. The zero-order valence-corrected chi connectivity index (χ0v) is 10.7. The Hall–Kier alpha value is -1.97. The van der Waals surface area contributed by atoms with Crippen LogP contribution in [0.15, 0.2) is 40.3 Å². The lowest BCUT2D eigenvalue weighted by molar-refractivity contribution is -0.133. The SMILES string of the molecule is O=C1OC(c2ccccc2)=NC1C1=NCCCCC1. The minimum atomic E-state index is -0.520. The minimum Gasteiger partial charge on any atom is -0.405 e. The maximum absolute atomic E-state index is 12.0. The molecule has 98 valence electrons. The summed E-state index contributed by atoms with van der Waals surface area (Å²) in [6.07, 6.45) is 4.20. The second-order valence-corrected chi connectivity index (χ2v) is 4.81. The molecule has 1 unspecified atom stereocenters. The monoisotopic (exact) mass is 256 g/mol. The Balaban J connectivity index is 1.85. The first kappa shape index (κ1) is 12.1. The molecule has 19 heavy (non-hydrogen) atoms. The standard InChI is InChI=1S/C15H16N2O2/c18-15-13(12-9-5-2-6-10-16-12)17-14(19-15)11-7-3-1-4-8-11/h1,3-4,7-8,13H,2,5-6,9-10H2. The number of rotatable bonds is 2. The minimum absolute atomic E-state index is 0.292. The van der Waals surface area contributed by atoms with Crippen LogP contribution in [0.4, 0.5) is 0 Å². The third-order valence-corrected chi connectivity index (χ3v) is 3.41. The highest BCUT2D eigenvalue weighted by molar-refractivity contribution is 6.16. The van der Waals surface area contributed by atoms with E-state index in [-0.39, 0.29) is 5.97 Å². The van der Waals surface area contributed by atoms with Crippen molar-refractivity contribution in [1.82, 2.24) is 0 Å². The van der Waals surface area contributed by atoms with Gasteiger partial charge >= 0.3 is 5.97 Å². The summed E-state index contributed by atoms with van der Waals surface area (Å²) in [7, 11) is 0. The molecule has 0 saturated heterocycles. The highest BCUT2D eigenvalue weighted by Crippen LogP contribution is 2.19. The van der Waals surface area contributed by atoms with Gasteiger partial charge in [-0.1, -0.05) is 24.6 Å². The van der Waals surface area contributed by atoms with Crippen LogP contribution in [-0.4, -0.2) is 30.2 Å². The smallest absolute Gasteiger partial charge is 0.343 e. The highest BCUT2D eigenvalue weighted by atomic mass is 16.6. The second kappa shape index (κ2) is 5.34. The van der Waals surface area contributed by atoms with Crippen molar-refractivity contribution >= 4 is 17.6 Å². The molecule has 2 aliphatic heterocycles. The summed E-state index contributed by atoms with van der Waals surface area (Å²) in [5, 5.41) is 0. The van der Waals surface area contributed by atoms with Gasteiger partial charge in [0.25, 0.3) is 0 Å². The van der Waals surface area contributed by atoms with Crippen molar-refractivity contribution in [1.29, 1.82) is 0 Å². The first-order valence-electron chi connectivity index (χ1n) is 6.73. The van der Waals surface area contributed by atoms with E-state index in [1.54, 1.807) is 0 Å². The Morgan fingerprint density at radius 3 is 2.79 bits per heavy atom. The van der Waals surface area contributed by atoms with Crippen LogP contribution in [0.1, 0.15) is 31.2 Å². The number of cyclic esters (lactones) is 1. The fourth-order valence-corrected chi connectivity index (χ4v) is 2.39. The zero-order chi connectivity index (χ0) is 13.1. The molecule has 1 aromatic carbocycles. The summed E-state index contributed by atoms with van der Waals surface area (Å²) in [5.41, 5.74) is 1.72. The number of benzene rings is 1. The molecule has 2 aliphatic rings. The highest BCUT2D eigenvalue weighted by Gasteiger charge is 2.33. The van der Waals surface area contributed by atoms with Crippen molar-refractivity contribution in [3.63, 3.8) is 0 Å². The number of esters is 1. The van der Waals surface area contributed by atoms with E-state index in [2.05, 4.69) is 9.98 Å². The fourth-order valence-electron chi connectivity index (χ4n) is 2.39. The number of nitrogens with zero attached hydrogens (tertiary/aromatic N) is 2. The van der Waals surface area contributed by atoms with Crippen molar-refractivity contribution in [3.8, 4) is 0 Å². The summed E-state index contributed by atoms with van der Waals surface area (Å²) in [5.74, 6) is 0.127. The lowest BCUT2D eigenvalue weighted by atomic mass is 10.1. The van der Waals surface area contributed by atoms with Gasteiger partial charge in [-0.05, 0) is 31.4 Å². The summed E-state index contributed by atoms with van der Waals surface area (Å²) < 4.78 is 5.28. The molecule has 0 aliphatic carbocycles. The number of carbonyl (C=O) groups excluding carboxylic acids is 1. The van der Waals surface area contributed by atoms with Crippen LogP contribution in [0.3, 0.4) is 0 Å². The average Bonchev–Trinajstić information content (AvgIpc) is 2.66. The molecular weight excluding hydrogens is 240 g/mol. The average molecular weight is 256 g/mol. The van der Waals surface area contributed by atoms with Crippen LogP contribution in [0, 0.1) is 0 Å². The van der Waals surface area contributed by atoms with Gasteiger partial charge in [0.05, 0.1) is 0 Å². The molecule has 0 saturated carbocycles. The summed E-state index contributed by atoms with van der Waals surface area (Å²) in [4.78, 5) is 20.9. The lowest BCUT2D eigenvalue weighted by Crippen LogP contribution is -2.25. The van der Waals surface area contributed by atoms with Crippen LogP contribution in [0.5, 0.6) is 0 Å². The van der Waals surface area contributed by atoms with Gasteiger partial charge in [-0.3, -0.25) is 4.99 Å². The van der Waals surface area contributed by atoms with Gasteiger partial charge in [-0.15, -0.1) is 0 Å². The zero-order valence-electron chi connectivity index (χ0n) is 10.7. The van der Waals surface area contributed by atoms with Gasteiger partial charge in [0, 0.05) is 17.8 Å². The van der Waals surface area contributed by atoms with Crippen molar-refractivity contribution in [2.24, 2.45) is 9.98 Å². The third kappa shape index (κ3) is 2.57. The van der Waals surface area contributed by atoms with Crippen LogP contribution in [0.2, 0.25) is 0 Å². The number of ether oxygens (including phenoxy) is 1. The summed E-state index contributed by atoms with van der Waals surface area (Å²) in [6, 6.07) is 9.00. The van der Waals surface area contributed by atoms with Crippen LogP contribution in [-0.2, 0) is 9.53 Å². The quantitative estimate of drug-likeness (QED) is 0.763. The molecular formula is C15H16N2O2. The second-order valence-electron chi connectivity index (χ2n) is 4.81. The number of aliphatic imine (C=N–C) groups is 2. The molecule has 4 nitrogen and oxygen atoms in total. The van der Waals surface area contributed by atoms with E-state index >= 15 is 0 Å². The molecule has 1 atom stereocenters. The van der Waals surface area contributed by atoms with Gasteiger partial charge in [0.1, 0.15) is 0 Å². The van der Waals surface area contributed by atoms with E-state index in [0.29, 0.717) is 5.90 Å². The van der Waals surface area contributed by atoms with Crippen molar-refractivity contribution < 1.29 is 9.53 Å². The van der Waals surface area contributed by atoms with Crippen LogP contribution >= 0.6 is 0 Å². The lowest BCUT2D eigenvalue weighted by Gasteiger charge is -2.05. The van der Waals surface area contributed by atoms with Crippen molar-refractivity contribution in [3.05, 3.63) is 35.9 Å². The first-order chi connectivity index (χ1) is 9.34. The van der Waals surface area contributed by atoms with Crippen molar-refractivity contribution in [2.75, 3.05) is 6.54 Å². The summed E-state index contributed by atoms with van der Waals surface area (Å²) in [6.45, 7) is 0.801. The Bertz CT molecular complexity index is 534. The molecule has 0 fully saturated rings. The molecule has 3 rings (SSSR count). The van der Waals surface area contributed by atoms with Gasteiger partial charge in [-0.25, -0.2) is 9.79 Å². The Morgan fingerprint density at radius 2 is 1.95 bits per heavy atom. The van der Waals surface area contributed by atoms with Crippen LogP contribution in [0.25, 0.3) is 0 Å². The molecule has 0 aromatic heterocycles. The predicted molar refractivity (Wildman–Crippen MR) is 73.6 cm³/mol. The third-order valence-electron chi connectivity index (χ3n) is 3.41. The summed E-state index contributed by atoms with van der Waals surface area (Å²) >= 11 is 0. The maximum atomic E-state index is 12.0. The van der Waals surface area contributed by atoms with E-state index < -0.39 is 6.04 Å². The van der Waals surface area contributed by atoms with Crippen LogP contribution < -0.4 is 0 Å². The van der Waals surface area contributed by atoms with Gasteiger partial charge in [0.15, 0.2) is 6.04 Å². The topological polar surface area (TPSA) is 51.0 Å². The normalized spacial score (nSPS) is 23.4. The molecule has 1 aromatic rings. The number of hydrogen-bond acceptors (Lipinski definition) is 4. The van der Waals surface area contributed by atoms with Gasteiger partial charge in [-0.2, -0.15) is 0 Å². The van der Waals surface area contributed by atoms with E-state index in [1.807, 2.05) is 30.3 Å². The Morgan fingerprint density at radius 1 is 1.11 bits per heavy atom. The Kier molecular flexibility index (Phi) is 3.40. The maximum Gasteiger partial charge on any atom is 0.343 e. The molecule has 0 radical (unpaired) electrons. The van der Waals surface area contributed by atoms with E-state index in [4.69, 9.17) is 4.74 Å². The number of hydrogen-bond donors (Lipinski definition) is 0. The molecule has 0 N–H and O–H groups in total. The molecule has 4 heteroatoms. The Labute approximate surface area is 112 Å². The van der Waals surface area contributed by atoms with E-state index in [9.17, 15) is 4.79 Å². The van der Waals surface area contributed by atoms with E-state index in [0.717, 1.165) is 37.1 Å². The fraction of sp³-hybridized carbons (Fsp3) is 0.400. The van der Waals surface area contributed by atoms with E-state index in [1.165, 1.54) is 6.42 Å². The molecule has 0 spiro atoms. The van der Waals surface area contributed by atoms with Crippen molar-refractivity contribution in [2.45, 2.75) is 31.7 Å². The van der Waals surface area contributed by atoms with Gasteiger partial charge in [0.2, 0.25) is 5.90 Å².